The van der Waals surface area contributed by atoms with Crippen molar-refractivity contribution in [2.45, 2.75) is 169 Å². The summed E-state index contributed by atoms with van der Waals surface area (Å²) in [6.07, 6.45) is 0.314. The Labute approximate surface area is 397 Å². The molecule has 0 radical (unpaired) electrons. The summed E-state index contributed by atoms with van der Waals surface area (Å²) >= 11 is 0. The van der Waals surface area contributed by atoms with E-state index < -0.39 is 95.3 Å². The number of hydrogen-bond acceptors (Lipinski definition) is 12. The molecular formula is C50H78N6O11. The first-order chi connectivity index (χ1) is 31.4. The van der Waals surface area contributed by atoms with E-state index in [0.29, 0.717) is 30.6 Å². The van der Waals surface area contributed by atoms with Crippen molar-refractivity contribution in [2.24, 2.45) is 23.5 Å². The van der Waals surface area contributed by atoms with E-state index in [4.69, 9.17) is 19.9 Å². The number of likely N-dealkylation sites (N-methyl/N-ethyl adjacent to an activating group) is 1. The predicted octanol–water partition coefficient (Wildman–Crippen LogP) is 4.11. The molecule has 9 atom stereocenters. The van der Waals surface area contributed by atoms with Gasteiger partial charge in [-0.2, -0.15) is 0 Å². The summed E-state index contributed by atoms with van der Waals surface area (Å²) in [6, 6.07) is 9.03. The van der Waals surface area contributed by atoms with Crippen LogP contribution in [0.25, 0.3) is 0 Å². The molecule has 0 saturated heterocycles. The van der Waals surface area contributed by atoms with E-state index in [2.05, 4.69) is 21.3 Å². The highest BCUT2D eigenvalue weighted by atomic mass is 16.5. The number of ether oxygens (including phenoxy) is 3. The topological polar surface area (TPSA) is 245 Å². The third kappa shape index (κ3) is 19.7. The molecule has 0 unspecified atom stereocenters. The van der Waals surface area contributed by atoms with Gasteiger partial charge in [-0.15, -0.1) is 0 Å². The van der Waals surface area contributed by atoms with Crippen LogP contribution in [0.4, 0.5) is 0 Å². The molecule has 0 aromatic heterocycles. The summed E-state index contributed by atoms with van der Waals surface area (Å²) in [5.41, 5.74) is 7.05. The molecule has 0 fully saturated rings. The van der Waals surface area contributed by atoms with Gasteiger partial charge in [0, 0.05) is 27.0 Å². The van der Waals surface area contributed by atoms with E-state index >= 15 is 0 Å². The number of carbonyl (C=O) groups is 7. The quantitative estimate of drug-likeness (QED) is 0.0694. The first kappa shape index (κ1) is 57.6. The smallest absolute Gasteiger partial charge is 0.329 e. The zero-order valence-electron chi connectivity index (χ0n) is 41.7. The Hall–Kier alpha value is -5.55. The molecule has 2 aromatic carbocycles. The lowest BCUT2D eigenvalue weighted by Gasteiger charge is -2.35. The lowest BCUT2D eigenvalue weighted by molar-refractivity contribution is -0.158. The zero-order chi connectivity index (χ0) is 50.6. The van der Waals surface area contributed by atoms with Gasteiger partial charge in [0.25, 0.3) is 0 Å². The lowest BCUT2D eigenvalue weighted by Crippen LogP contribution is -2.60. The molecule has 374 valence electrons. The second kappa shape index (κ2) is 27.9. The molecule has 2 rings (SSSR count). The van der Waals surface area contributed by atoms with Crippen LogP contribution < -0.4 is 31.7 Å². The van der Waals surface area contributed by atoms with E-state index in [1.54, 1.807) is 50.2 Å². The van der Waals surface area contributed by atoms with E-state index in [9.17, 15) is 38.7 Å². The van der Waals surface area contributed by atoms with Crippen LogP contribution in [0.2, 0.25) is 0 Å². The monoisotopic (exact) mass is 939 g/mol. The van der Waals surface area contributed by atoms with Gasteiger partial charge in [0.1, 0.15) is 54.3 Å². The Morgan fingerprint density at radius 1 is 0.731 bits per heavy atom. The maximum Gasteiger partial charge on any atom is 0.329 e. The minimum atomic E-state index is -1.45. The molecule has 17 nitrogen and oxygen atoms in total. The molecule has 0 spiro atoms. The van der Waals surface area contributed by atoms with Gasteiger partial charge in [-0.3, -0.25) is 24.0 Å². The third-order valence-corrected chi connectivity index (χ3v) is 11.4. The molecule has 17 heteroatoms. The summed E-state index contributed by atoms with van der Waals surface area (Å²) < 4.78 is 17.4. The third-order valence-electron chi connectivity index (χ3n) is 11.4. The summed E-state index contributed by atoms with van der Waals surface area (Å²) in [5.74, 6) is -5.15. The average Bonchev–Trinajstić information content (AvgIpc) is 3.27. The molecule has 5 amide bonds. The van der Waals surface area contributed by atoms with Gasteiger partial charge < -0.3 is 51.2 Å². The minimum Gasteiger partial charge on any atom is -0.488 e. The highest BCUT2D eigenvalue weighted by Crippen LogP contribution is 2.22. The van der Waals surface area contributed by atoms with Crippen molar-refractivity contribution in [1.29, 1.82) is 0 Å². The SMILES string of the molecule is CC[C@H](C)[C@H](NC(=O)[C@H](Cc1ccc(OC(C)(C)C)cc1)N(C)C(=O)[C@@H](NC(=O)[C@@H](N)CCCO)[C@@H](C)CC)C(=O)O[C@H](C)[C@H](NC(C)=O)C(=O)N[C@@H](CC(C)C)C(=O)OCc1ccccc1. The van der Waals surface area contributed by atoms with Gasteiger partial charge in [-0.05, 0) is 88.0 Å². The maximum absolute atomic E-state index is 14.7. The van der Waals surface area contributed by atoms with E-state index in [-0.39, 0.29) is 44.3 Å². The van der Waals surface area contributed by atoms with Crippen LogP contribution >= 0.6 is 0 Å². The predicted molar refractivity (Wildman–Crippen MR) is 255 cm³/mol. The van der Waals surface area contributed by atoms with Crippen LogP contribution in [0.1, 0.15) is 119 Å². The fourth-order valence-corrected chi connectivity index (χ4v) is 7.07. The van der Waals surface area contributed by atoms with Crippen molar-refractivity contribution in [3.05, 3.63) is 65.7 Å². The highest BCUT2D eigenvalue weighted by molar-refractivity contribution is 5.95. The van der Waals surface area contributed by atoms with Crippen LogP contribution in [-0.4, -0.2) is 113 Å². The van der Waals surface area contributed by atoms with Crippen LogP contribution in [-0.2, 0) is 56.1 Å². The van der Waals surface area contributed by atoms with Crippen molar-refractivity contribution in [2.75, 3.05) is 13.7 Å². The normalized spacial score (nSPS) is 15.5. The fraction of sp³-hybridized carbons (Fsp3) is 0.620. The van der Waals surface area contributed by atoms with Crippen LogP contribution in [0, 0.1) is 17.8 Å². The van der Waals surface area contributed by atoms with Gasteiger partial charge in [0.2, 0.25) is 29.5 Å². The zero-order valence-corrected chi connectivity index (χ0v) is 41.7. The Bertz CT molecular complexity index is 1910. The largest absolute Gasteiger partial charge is 0.488 e. The molecule has 0 bridgehead atoms. The Morgan fingerprint density at radius 2 is 1.31 bits per heavy atom. The number of nitrogens with one attached hydrogen (secondary N) is 4. The Morgan fingerprint density at radius 3 is 1.85 bits per heavy atom. The van der Waals surface area contributed by atoms with Gasteiger partial charge in [-0.1, -0.05) is 96.8 Å². The lowest BCUT2D eigenvalue weighted by atomic mass is 9.95. The van der Waals surface area contributed by atoms with Crippen LogP contribution in [0.5, 0.6) is 5.75 Å². The van der Waals surface area contributed by atoms with Gasteiger partial charge in [0.05, 0.1) is 6.04 Å². The van der Waals surface area contributed by atoms with Crippen molar-refractivity contribution in [1.82, 2.24) is 26.2 Å². The number of benzene rings is 2. The standard InChI is InChI=1S/C50H78N6O11/c1-13-31(5)41(54-44(59)38(51)21-18-26-57)47(62)56(12)40(28-35-22-24-37(25-23-35)67-50(9,10)11)45(60)55-42(32(6)14-2)49(64)66-33(7)43(52-34(8)58)46(61)53-39(27-30(3)4)48(63)65-29-36-19-16-15-17-20-36/h15-17,19-20,22-25,30-33,38-43,57H,13-14,18,21,26-29,51H2,1-12H3,(H,52,58)(H,53,61)(H,54,59)(H,55,60)/t31-,32-,33+,38-,39-,40-,41-,42-,43-/m0/s1. The van der Waals surface area contributed by atoms with E-state index in [1.165, 1.54) is 25.8 Å². The van der Waals surface area contributed by atoms with Gasteiger partial charge >= 0.3 is 11.9 Å². The van der Waals surface area contributed by atoms with Crippen molar-refractivity contribution < 1.29 is 52.9 Å². The second-order valence-electron chi connectivity index (χ2n) is 18.8. The van der Waals surface area contributed by atoms with Crippen molar-refractivity contribution in [3.8, 4) is 5.75 Å². The number of amides is 5. The second-order valence-corrected chi connectivity index (χ2v) is 18.8. The van der Waals surface area contributed by atoms with Gasteiger partial charge in [-0.25, -0.2) is 9.59 Å². The molecular weight excluding hydrogens is 861 g/mol. The number of carbonyl (C=O) groups excluding carboxylic acids is 7. The Kier molecular flexibility index (Phi) is 24.0. The van der Waals surface area contributed by atoms with Crippen molar-refractivity contribution >= 4 is 41.5 Å². The number of rotatable bonds is 27. The number of hydrogen-bond donors (Lipinski definition) is 6. The summed E-state index contributed by atoms with van der Waals surface area (Å²) in [5, 5.41) is 20.1. The molecule has 7 N–H and O–H groups in total. The molecule has 0 aliphatic heterocycles. The van der Waals surface area contributed by atoms with Crippen LogP contribution in [0.3, 0.4) is 0 Å². The molecule has 0 aliphatic carbocycles. The van der Waals surface area contributed by atoms with E-state index in [1.807, 2.05) is 66.7 Å². The first-order valence-corrected chi connectivity index (χ1v) is 23.4. The molecule has 0 saturated carbocycles. The van der Waals surface area contributed by atoms with Crippen LogP contribution in [0.15, 0.2) is 54.6 Å². The highest BCUT2D eigenvalue weighted by Gasteiger charge is 2.39. The van der Waals surface area contributed by atoms with Gasteiger partial charge in [0.15, 0.2) is 0 Å². The number of esters is 2. The summed E-state index contributed by atoms with van der Waals surface area (Å²) in [6.45, 7) is 19.2. The molecule has 0 heterocycles. The summed E-state index contributed by atoms with van der Waals surface area (Å²) in [4.78, 5) is 97.4. The molecule has 2 aromatic rings. The number of nitrogens with two attached hydrogens (primary N) is 1. The summed E-state index contributed by atoms with van der Waals surface area (Å²) in [7, 11) is 1.45. The fourth-order valence-electron chi connectivity index (χ4n) is 7.07. The number of aliphatic hydroxyl groups excluding tert-OH is 1. The maximum atomic E-state index is 14.7. The first-order valence-electron chi connectivity index (χ1n) is 23.4. The average molecular weight is 939 g/mol. The minimum absolute atomic E-state index is 0.00413. The molecule has 0 aliphatic rings. The Balaban J connectivity index is 2.48. The number of nitrogens with zero attached hydrogens (tertiary/aromatic N) is 1. The van der Waals surface area contributed by atoms with Crippen molar-refractivity contribution in [3.63, 3.8) is 0 Å². The van der Waals surface area contributed by atoms with E-state index in [0.717, 1.165) is 5.56 Å². The molecule has 67 heavy (non-hydrogen) atoms. The number of aliphatic hydroxyl groups is 1.